The quantitative estimate of drug-likeness (QED) is 0.638. The van der Waals surface area contributed by atoms with E-state index in [-0.39, 0.29) is 11.9 Å². The summed E-state index contributed by atoms with van der Waals surface area (Å²) in [6.45, 7) is 0. The van der Waals surface area contributed by atoms with E-state index in [0.717, 1.165) is 17.0 Å². The number of anilines is 1. The van der Waals surface area contributed by atoms with Crippen molar-refractivity contribution in [1.82, 2.24) is 0 Å². The predicted octanol–water partition coefficient (Wildman–Crippen LogP) is 1.48. The van der Waals surface area contributed by atoms with Gasteiger partial charge >= 0.3 is 0 Å². The summed E-state index contributed by atoms with van der Waals surface area (Å²) >= 11 is 1.61. The first kappa shape index (κ1) is 7.76. The molecule has 0 saturated heterocycles. The monoisotopic (exact) mass is 182 g/mol. The van der Waals surface area contributed by atoms with Gasteiger partial charge in [0.15, 0.2) is 0 Å². The smallest absolute Gasteiger partial charge is 0.224 e. The Hall–Kier alpha value is -0.870. The minimum atomic E-state index is 0.0268. The van der Waals surface area contributed by atoms with E-state index in [1.54, 1.807) is 11.3 Å². The van der Waals surface area contributed by atoms with E-state index < -0.39 is 0 Å². The maximum Gasteiger partial charge on any atom is 0.224 e. The van der Waals surface area contributed by atoms with Gasteiger partial charge in [-0.25, -0.2) is 0 Å². The van der Waals surface area contributed by atoms with Crippen LogP contribution in [0.2, 0.25) is 0 Å². The molecule has 1 aliphatic rings. The molecule has 0 bridgehead atoms. The van der Waals surface area contributed by atoms with Crippen LogP contribution < -0.4 is 11.1 Å². The van der Waals surface area contributed by atoms with Crippen molar-refractivity contribution in [2.75, 3.05) is 5.32 Å². The molecule has 64 valence electrons. The van der Waals surface area contributed by atoms with Crippen molar-refractivity contribution in [3.05, 3.63) is 16.3 Å². The van der Waals surface area contributed by atoms with Crippen molar-refractivity contribution in [3.63, 3.8) is 0 Å². The SMILES string of the molecule is N[C@H]1CCC(=O)Nc2ccsc21. The Morgan fingerprint density at radius 2 is 2.50 bits per heavy atom. The first-order valence-electron chi connectivity index (χ1n) is 3.90. The molecule has 1 aromatic rings. The summed E-state index contributed by atoms with van der Waals surface area (Å²) in [5, 5.41) is 4.78. The summed E-state index contributed by atoms with van der Waals surface area (Å²) in [6, 6.07) is 1.93. The molecule has 3 nitrogen and oxygen atoms in total. The normalized spacial score (nSPS) is 22.8. The predicted molar refractivity (Wildman–Crippen MR) is 49.1 cm³/mol. The van der Waals surface area contributed by atoms with Crippen LogP contribution in [0.15, 0.2) is 11.4 Å². The van der Waals surface area contributed by atoms with Crippen LogP contribution in [0.4, 0.5) is 5.69 Å². The Labute approximate surface area is 74.6 Å². The van der Waals surface area contributed by atoms with Crippen molar-refractivity contribution in [1.29, 1.82) is 0 Å². The second kappa shape index (κ2) is 2.88. The van der Waals surface area contributed by atoms with Crippen molar-refractivity contribution in [2.24, 2.45) is 5.73 Å². The number of amides is 1. The van der Waals surface area contributed by atoms with Crippen LogP contribution >= 0.6 is 11.3 Å². The van der Waals surface area contributed by atoms with Gasteiger partial charge in [-0.15, -0.1) is 11.3 Å². The number of carbonyl (C=O) groups excluding carboxylic acids is 1. The minimum Gasteiger partial charge on any atom is -0.325 e. The molecule has 1 aliphatic heterocycles. The molecule has 2 heterocycles. The minimum absolute atomic E-state index is 0.0268. The lowest BCUT2D eigenvalue weighted by Crippen LogP contribution is -2.09. The fraction of sp³-hybridized carbons (Fsp3) is 0.375. The van der Waals surface area contributed by atoms with Gasteiger partial charge in [0.05, 0.1) is 5.69 Å². The zero-order chi connectivity index (χ0) is 8.55. The molecule has 1 aromatic heterocycles. The van der Waals surface area contributed by atoms with Crippen LogP contribution in [0.1, 0.15) is 23.8 Å². The van der Waals surface area contributed by atoms with Crippen LogP contribution in [0, 0.1) is 0 Å². The lowest BCUT2D eigenvalue weighted by molar-refractivity contribution is -0.116. The van der Waals surface area contributed by atoms with E-state index in [9.17, 15) is 4.79 Å². The van der Waals surface area contributed by atoms with Crippen molar-refractivity contribution in [3.8, 4) is 0 Å². The molecule has 4 heteroatoms. The average Bonchev–Trinajstić information content (AvgIpc) is 2.44. The highest BCUT2D eigenvalue weighted by Gasteiger charge is 2.19. The molecule has 1 atom stereocenters. The Kier molecular flexibility index (Phi) is 1.86. The zero-order valence-corrected chi connectivity index (χ0v) is 7.36. The van der Waals surface area contributed by atoms with Crippen LogP contribution in [-0.2, 0) is 4.79 Å². The molecule has 0 fully saturated rings. The summed E-state index contributed by atoms with van der Waals surface area (Å²) in [5.41, 5.74) is 6.77. The van der Waals surface area contributed by atoms with Crippen LogP contribution in [0.3, 0.4) is 0 Å². The van der Waals surface area contributed by atoms with Gasteiger partial charge in [0, 0.05) is 17.3 Å². The molecule has 0 unspecified atom stereocenters. The fourth-order valence-electron chi connectivity index (χ4n) is 1.34. The van der Waals surface area contributed by atoms with Gasteiger partial charge in [-0.1, -0.05) is 0 Å². The van der Waals surface area contributed by atoms with Crippen LogP contribution in [0.5, 0.6) is 0 Å². The third-order valence-corrected chi connectivity index (χ3v) is 3.04. The molecule has 0 aromatic carbocycles. The van der Waals surface area contributed by atoms with Crippen LogP contribution in [-0.4, -0.2) is 5.91 Å². The van der Waals surface area contributed by atoms with Gasteiger partial charge in [0.25, 0.3) is 0 Å². The number of nitrogens with one attached hydrogen (secondary N) is 1. The number of thiophene rings is 1. The summed E-state index contributed by atoms with van der Waals surface area (Å²) in [6.07, 6.45) is 1.28. The lowest BCUT2D eigenvalue weighted by atomic mass is 10.1. The van der Waals surface area contributed by atoms with E-state index >= 15 is 0 Å². The third-order valence-electron chi connectivity index (χ3n) is 1.99. The molecule has 0 saturated carbocycles. The van der Waals surface area contributed by atoms with Gasteiger partial charge in [-0.05, 0) is 17.9 Å². The average molecular weight is 182 g/mol. The maximum absolute atomic E-state index is 11.1. The Bertz CT molecular complexity index is 308. The van der Waals surface area contributed by atoms with E-state index in [1.807, 2.05) is 11.4 Å². The summed E-state index contributed by atoms with van der Waals surface area (Å²) < 4.78 is 0. The summed E-state index contributed by atoms with van der Waals surface area (Å²) in [5.74, 6) is 0.0719. The molecule has 0 aliphatic carbocycles. The number of carbonyl (C=O) groups is 1. The molecular weight excluding hydrogens is 172 g/mol. The Morgan fingerprint density at radius 1 is 1.67 bits per heavy atom. The number of nitrogens with two attached hydrogens (primary N) is 1. The van der Waals surface area contributed by atoms with Crippen LogP contribution in [0.25, 0.3) is 0 Å². The zero-order valence-electron chi connectivity index (χ0n) is 6.54. The maximum atomic E-state index is 11.1. The first-order valence-corrected chi connectivity index (χ1v) is 4.78. The van der Waals surface area contributed by atoms with Crippen molar-refractivity contribution in [2.45, 2.75) is 18.9 Å². The Balaban J connectivity index is 2.38. The molecule has 12 heavy (non-hydrogen) atoms. The topological polar surface area (TPSA) is 55.1 Å². The largest absolute Gasteiger partial charge is 0.325 e. The van der Waals surface area contributed by atoms with Gasteiger partial charge in [-0.3, -0.25) is 4.79 Å². The highest BCUT2D eigenvalue weighted by atomic mass is 32.1. The van der Waals surface area contributed by atoms with E-state index in [4.69, 9.17) is 5.73 Å². The second-order valence-electron chi connectivity index (χ2n) is 2.89. The van der Waals surface area contributed by atoms with Crippen molar-refractivity contribution < 1.29 is 4.79 Å². The van der Waals surface area contributed by atoms with E-state index in [1.165, 1.54) is 0 Å². The molecule has 0 radical (unpaired) electrons. The molecule has 0 spiro atoms. The highest BCUT2D eigenvalue weighted by molar-refractivity contribution is 7.10. The lowest BCUT2D eigenvalue weighted by Gasteiger charge is -2.04. The summed E-state index contributed by atoms with van der Waals surface area (Å²) in [4.78, 5) is 12.2. The molecule has 1 amide bonds. The molecular formula is C8H10N2OS. The van der Waals surface area contributed by atoms with Gasteiger partial charge in [-0.2, -0.15) is 0 Å². The van der Waals surface area contributed by atoms with Gasteiger partial charge < -0.3 is 11.1 Å². The van der Waals surface area contributed by atoms with E-state index in [0.29, 0.717) is 6.42 Å². The standard InChI is InChI=1S/C8H10N2OS/c9-5-1-2-7(11)10-6-3-4-12-8(5)6/h3-5H,1-2,9H2,(H,10,11)/t5-/m0/s1. The fourth-order valence-corrected chi connectivity index (χ4v) is 2.23. The van der Waals surface area contributed by atoms with Gasteiger partial charge in [0.1, 0.15) is 0 Å². The second-order valence-corrected chi connectivity index (χ2v) is 3.84. The molecule has 2 rings (SSSR count). The summed E-state index contributed by atoms with van der Waals surface area (Å²) in [7, 11) is 0. The number of hydrogen-bond acceptors (Lipinski definition) is 3. The van der Waals surface area contributed by atoms with E-state index in [2.05, 4.69) is 5.32 Å². The molecule has 3 N–H and O–H groups in total. The number of hydrogen-bond donors (Lipinski definition) is 2. The Morgan fingerprint density at radius 3 is 3.33 bits per heavy atom. The number of rotatable bonds is 0. The van der Waals surface area contributed by atoms with Gasteiger partial charge in [0.2, 0.25) is 5.91 Å². The first-order chi connectivity index (χ1) is 5.77. The highest BCUT2D eigenvalue weighted by Crippen LogP contribution is 2.32. The third kappa shape index (κ3) is 1.23. The van der Waals surface area contributed by atoms with Crippen molar-refractivity contribution >= 4 is 22.9 Å². The number of fused-ring (bicyclic) bond motifs is 1.